The van der Waals surface area contributed by atoms with E-state index in [4.69, 9.17) is 0 Å². The van der Waals surface area contributed by atoms with E-state index < -0.39 is 0 Å². The summed E-state index contributed by atoms with van der Waals surface area (Å²) in [5.74, 6) is 0. The molecule has 18 heavy (non-hydrogen) atoms. The average Bonchev–Trinajstić information content (AvgIpc) is 2.42. The van der Waals surface area contributed by atoms with Gasteiger partial charge in [-0.25, -0.2) is 0 Å². The van der Waals surface area contributed by atoms with Crippen LogP contribution in [0.4, 0.5) is 0 Å². The Balaban J connectivity index is 0.000000209. The Labute approximate surface area is 113 Å². The van der Waals surface area contributed by atoms with Gasteiger partial charge in [-0.1, -0.05) is 74.5 Å². The van der Waals surface area contributed by atoms with Gasteiger partial charge in [0, 0.05) is 9.52 Å². The summed E-state index contributed by atoms with van der Waals surface area (Å²) >= 11 is 0. The summed E-state index contributed by atoms with van der Waals surface area (Å²) in [6.45, 7) is 4.45. The van der Waals surface area contributed by atoms with Gasteiger partial charge >= 0.3 is 0 Å². The molecule has 2 aromatic rings. The van der Waals surface area contributed by atoms with E-state index in [-0.39, 0.29) is 0 Å². The third kappa shape index (κ3) is 2.91. The van der Waals surface area contributed by atoms with Crippen LogP contribution in [0.2, 0.25) is 12.1 Å². The fourth-order valence-electron chi connectivity index (χ4n) is 2.32. The maximum absolute atomic E-state index is 2.23. The fourth-order valence-corrected chi connectivity index (χ4v) is 2.82. The standard InChI is InChI=1S/C13H10.C4H10Si/c1-4-10-6-2-8-12-9-3-7-11(5-1)13(10)12;1-3-5-4-2/h1-8H,9H2;3-4H2,1-2H3. The Morgan fingerprint density at radius 1 is 1.00 bits per heavy atom. The summed E-state index contributed by atoms with van der Waals surface area (Å²) in [5, 5.41) is 2.80. The minimum Gasteiger partial charge on any atom is -0.0795 e. The second kappa shape index (κ2) is 6.55. The van der Waals surface area contributed by atoms with E-state index in [1.807, 2.05) is 0 Å². The highest BCUT2D eigenvalue weighted by Gasteiger charge is 2.06. The molecule has 0 aromatic heterocycles. The van der Waals surface area contributed by atoms with Gasteiger partial charge in [-0.2, -0.15) is 0 Å². The first kappa shape index (κ1) is 13.1. The van der Waals surface area contributed by atoms with E-state index in [9.17, 15) is 0 Å². The van der Waals surface area contributed by atoms with Gasteiger partial charge in [0.25, 0.3) is 0 Å². The average molecular weight is 252 g/mol. The van der Waals surface area contributed by atoms with Gasteiger partial charge in [-0.3, -0.25) is 0 Å². The Hall–Kier alpha value is -1.34. The first-order valence-electron chi connectivity index (χ1n) is 6.74. The molecule has 2 radical (unpaired) electrons. The van der Waals surface area contributed by atoms with Crippen LogP contribution in [0.25, 0.3) is 16.8 Å². The monoisotopic (exact) mass is 252 g/mol. The molecular weight excluding hydrogens is 232 g/mol. The molecule has 0 saturated heterocycles. The number of benzene rings is 2. The quantitative estimate of drug-likeness (QED) is 0.662. The second-order valence-electron chi connectivity index (χ2n) is 4.43. The van der Waals surface area contributed by atoms with E-state index in [2.05, 4.69) is 62.4 Å². The minimum absolute atomic E-state index is 1.08. The van der Waals surface area contributed by atoms with Crippen LogP contribution in [0.15, 0.2) is 42.5 Å². The third-order valence-corrected chi connectivity index (χ3v) is 4.16. The molecule has 0 saturated carbocycles. The van der Waals surface area contributed by atoms with E-state index in [0.29, 0.717) is 0 Å². The first-order valence-corrected chi connectivity index (χ1v) is 8.16. The van der Waals surface area contributed by atoms with Crippen molar-refractivity contribution in [2.24, 2.45) is 0 Å². The summed E-state index contributed by atoms with van der Waals surface area (Å²) in [7, 11) is 1.20. The summed E-state index contributed by atoms with van der Waals surface area (Å²) in [6, 6.07) is 15.8. The molecule has 3 rings (SSSR count). The van der Waals surface area contributed by atoms with E-state index >= 15 is 0 Å². The highest BCUT2D eigenvalue weighted by atomic mass is 28.2. The molecule has 0 aliphatic heterocycles. The van der Waals surface area contributed by atoms with Crippen LogP contribution in [-0.4, -0.2) is 9.52 Å². The van der Waals surface area contributed by atoms with Gasteiger partial charge in [-0.15, -0.1) is 0 Å². The molecule has 0 nitrogen and oxygen atoms in total. The van der Waals surface area contributed by atoms with Crippen molar-refractivity contribution >= 4 is 26.4 Å². The van der Waals surface area contributed by atoms with Gasteiger partial charge in [0.1, 0.15) is 0 Å². The van der Waals surface area contributed by atoms with Gasteiger partial charge in [0.15, 0.2) is 0 Å². The van der Waals surface area contributed by atoms with Gasteiger partial charge in [0.05, 0.1) is 0 Å². The van der Waals surface area contributed by atoms with Crippen LogP contribution in [0, 0.1) is 0 Å². The van der Waals surface area contributed by atoms with Crippen molar-refractivity contribution in [1.82, 2.24) is 0 Å². The molecule has 92 valence electrons. The van der Waals surface area contributed by atoms with E-state index in [1.165, 1.54) is 43.5 Å². The Morgan fingerprint density at radius 2 is 1.72 bits per heavy atom. The maximum Gasteiger partial charge on any atom is 0.0372 e. The number of hydrogen-bond acceptors (Lipinski definition) is 0. The molecule has 0 N–H and O–H groups in total. The lowest BCUT2D eigenvalue weighted by molar-refractivity contribution is 1.29. The normalized spacial score (nSPS) is 12.1. The fraction of sp³-hybridized carbons (Fsp3) is 0.294. The highest BCUT2D eigenvalue weighted by molar-refractivity contribution is 6.34. The van der Waals surface area contributed by atoms with Gasteiger partial charge in [0.2, 0.25) is 0 Å². The van der Waals surface area contributed by atoms with Crippen LogP contribution in [0.5, 0.6) is 0 Å². The molecule has 0 unspecified atom stereocenters. The molecule has 0 heterocycles. The topological polar surface area (TPSA) is 0 Å². The summed E-state index contributed by atoms with van der Waals surface area (Å²) in [6.07, 6.45) is 5.53. The van der Waals surface area contributed by atoms with Gasteiger partial charge in [-0.05, 0) is 28.3 Å². The van der Waals surface area contributed by atoms with Crippen molar-refractivity contribution in [3.8, 4) is 0 Å². The number of rotatable bonds is 2. The van der Waals surface area contributed by atoms with Crippen molar-refractivity contribution in [2.45, 2.75) is 32.4 Å². The van der Waals surface area contributed by atoms with Gasteiger partial charge < -0.3 is 0 Å². The maximum atomic E-state index is 2.23. The van der Waals surface area contributed by atoms with Crippen molar-refractivity contribution in [3.63, 3.8) is 0 Å². The Kier molecular flexibility index (Phi) is 4.77. The molecule has 0 bridgehead atoms. The molecule has 0 fully saturated rings. The molecule has 1 aliphatic rings. The summed E-state index contributed by atoms with van der Waals surface area (Å²) in [5.41, 5.74) is 2.81. The first-order chi connectivity index (χ1) is 8.86. The van der Waals surface area contributed by atoms with Crippen LogP contribution < -0.4 is 0 Å². The smallest absolute Gasteiger partial charge is 0.0372 e. The predicted octanol–water partition coefficient (Wildman–Crippen LogP) is 4.98. The molecule has 1 heteroatoms. The molecule has 0 atom stereocenters. The molecular formula is C17H20Si. The zero-order chi connectivity index (χ0) is 12.8. The van der Waals surface area contributed by atoms with Crippen molar-refractivity contribution in [2.75, 3.05) is 0 Å². The van der Waals surface area contributed by atoms with Crippen LogP contribution in [0.3, 0.4) is 0 Å². The van der Waals surface area contributed by atoms with Crippen molar-refractivity contribution < 1.29 is 0 Å². The lowest BCUT2D eigenvalue weighted by Gasteiger charge is -2.11. The molecule has 2 aromatic carbocycles. The third-order valence-electron chi connectivity index (χ3n) is 3.16. The zero-order valence-corrected chi connectivity index (χ0v) is 12.2. The summed E-state index contributed by atoms with van der Waals surface area (Å²) < 4.78 is 0. The van der Waals surface area contributed by atoms with Crippen LogP contribution in [0.1, 0.15) is 25.0 Å². The van der Waals surface area contributed by atoms with E-state index in [0.717, 1.165) is 6.42 Å². The molecule has 0 amide bonds. The van der Waals surface area contributed by atoms with Crippen molar-refractivity contribution in [3.05, 3.63) is 53.6 Å². The Morgan fingerprint density at radius 3 is 2.39 bits per heavy atom. The van der Waals surface area contributed by atoms with Crippen LogP contribution >= 0.6 is 0 Å². The number of allylic oxidation sites excluding steroid dienone is 1. The zero-order valence-electron chi connectivity index (χ0n) is 11.2. The molecule has 1 aliphatic carbocycles. The largest absolute Gasteiger partial charge is 0.0795 e. The minimum atomic E-state index is 1.08. The number of hydrogen-bond donors (Lipinski definition) is 0. The SMILES string of the molecule is C1=Cc2cccc3cccc(c23)C1.CC[Si]CC. The second-order valence-corrected chi connectivity index (χ2v) is 6.34. The Bertz CT molecular complexity index is 533. The van der Waals surface area contributed by atoms with E-state index in [1.54, 1.807) is 0 Å². The molecule has 0 spiro atoms. The lowest BCUT2D eigenvalue weighted by Crippen LogP contribution is -1.91. The lowest BCUT2D eigenvalue weighted by atomic mass is 9.93. The van der Waals surface area contributed by atoms with Crippen LogP contribution in [-0.2, 0) is 6.42 Å². The summed E-state index contributed by atoms with van der Waals surface area (Å²) in [4.78, 5) is 0. The highest BCUT2D eigenvalue weighted by Crippen LogP contribution is 2.27. The van der Waals surface area contributed by atoms with Crippen molar-refractivity contribution in [1.29, 1.82) is 0 Å². The predicted molar refractivity (Wildman–Crippen MR) is 83.4 cm³/mol.